The number of rotatable bonds is 5. The average molecular weight is 186 g/mol. The molecule has 0 aromatic carbocycles. The van der Waals surface area contributed by atoms with E-state index in [9.17, 15) is 9.59 Å². The topological polar surface area (TPSA) is 43.4 Å². The summed E-state index contributed by atoms with van der Waals surface area (Å²) in [7, 11) is 0. The van der Waals surface area contributed by atoms with Crippen LogP contribution in [0.4, 0.5) is 0 Å². The lowest BCUT2D eigenvalue weighted by Gasteiger charge is -2.12. The van der Waals surface area contributed by atoms with Gasteiger partial charge in [0.15, 0.2) is 0 Å². The monoisotopic (exact) mass is 186 g/mol. The minimum Gasteiger partial charge on any atom is -0.465 e. The van der Waals surface area contributed by atoms with Crippen molar-refractivity contribution in [3.8, 4) is 0 Å². The number of carbonyl (C=O) groups is 2. The maximum absolute atomic E-state index is 11.1. The van der Waals surface area contributed by atoms with Crippen LogP contribution in [0.5, 0.6) is 0 Å². The first-order valence-electron chi connectivity index (χ1n) is 4.66. The van der Waals surface area contributed by atoms with E-state index >= 15 is 0 Å². The molecular formula is C10H18O3. The van der Waals surface area contributed by atoms with Crippen LogP contribution < -0.4 is 0 Å². The lowest BCUT2D eigenvalue weighted by molar-refractivity contribution is -0.149. The SMILES string of the molecule is CCC(COC(=O)C(C)C)C(C)=O. The zero-order valence-electron chi connectivity index (χ0n) is 8.79. The zero-order valence-corrected chi connectivity index (χ0v) is 8.79. The minimum atomic E-state index is -0.236. The van der Waals surface area contributed by atoms with Crippen molar-refractivity contribution in [3.05, 3.63) is 0 Å². The Bertz CT molecular complexity index is 185. The third-order valence-electron chi connectivity index (χ3n) is 1.97. The molecule has 3 nitrogen and oxygen atoms in total. The van der Waals surface area contributed by atoms with Crippen molar-refractivity contribution in [1.82, 2.24) is 0 Å². The number of hydrogen-bond donors (Lipinski definition) is 0. The Balaban J connectivity index is 3.85. The highest BCUT2D eigenvalue weighted by molar-refractivity contribution is 5.79. The molecule has 0 rings (SSSR count). The molecule has 0 aliphatic carbocycles. The van der Waals surface area contributed by atoms with Crippen molar-refractivity contribution >= 4 is 11.8 Å². The largest absolute Gasteiger partial charge is 0.465 e. The first kappa shape index (κ1) is 12.1. The van der Waals surface area contributed by atoms with Crippen LogP contribution in [0.2, 0.25) is 0 Å². The van der Waals surface area contributed by atoms with E-state index in [0.717, 1.165) is 6.42 Å². The lowest BCUT2D eigenvalue weighted by atomic mass is 10.0. The Morgan fingerprint density at radius 2 is 1.85 bits per heavy atom. The van der Waals surface area contributed by atoms with Crippen LogP contribution in [0.25, 0.3) is 0 Å². The highest BCUT2D eigenvalue weighted by Gasteiger charge is 2.15. The molecule has 0 aromatic heterocycles. The molecule has 76 valence electrons. The molecule has 0 fully saturated rings. The van der Waals surface area contributed by atoms with E-state index in [0.29, 0.717) is 0 Å². The van der Waals surface area contributed by atoms with Gasteiger partial charge in [0, 0.05) is 0 Å². The number of hydrogen-bond acceptors (Lipinski definition) is 3. The second-order valence-electron chi connectivity index (χ2n) is 3.50. The van der Waals surface area contributed by atoms with E-state index in [1.807, 2.05) is 6.92 Å². The minimum absolute atomic E-state index is 0.0825. The molecule has 13 heavy (non-hydrogen) atoms. The van der Waals surface area contributed by atoms with E-state index in [2.05, 4.69) is 0 Å². The molecular weight excluding hydrogens is 168 g/mol. The van der Waals surface area contributed by atoms with Crippen LogP contribution >= 0.6 is 0 Å². The summed E-state index contributed by atoms with van der Waals surface area (Å²) >= 11 is 0. The van der Waals surface area contributed by atoms with Gasteiger partial charge in [-0.1, -0.05) is 20.8 Å². The number of ketones is 1. The smallest absolute Gasteiger partial charge is 0.308 e. The molecule has 1 atom stereocenters. The van der Waals surface area contributed by atoms with Gasteiger partial charge in [-0.2, -0.15) is 0 Å². The maximum Gasteiger partial charge on any atom is 0.308 e. The van der Waals surface area contributed by atoms with Gasteiger partial charge in [-0.25, -0.2) is 0 Å². The van der Waals surface area contributed by atoms with Crippen molar-refractivity contribution in [2.45, 2.75) is 34.1 Å². The van der Waals surface area contributed by atoms with Gasteiger partial charge in [0.05, 0.1) is 11.8 Å². The third-order valence-corrected chi connectivity index (χ3v) is 1.97. The summed E-state index contributed by atoms with van der Waals surface area (Å²) in [4.78, 5) is 22.0. The number of esters is 1. The van der Waals surface area contributed by atoms with Gasteiger partial charge < -0.3 is 4.74 Å². The highest BCUT2D eigenvalue weighted by Crippen LogP contribution is 2.06. The summed E-state index contributed by atoms with van der Waals surface area (Å²) in [6.45, 7) is 7.21. The quantitative estimate of drug-likeness (QED) is 0.615. The van der Waals surface area contributed by atoms with Crippen molar-refractivity contribution in [3.63, 3.8) is 0 Å². The second kappa shape index (κ2) is 5.73. The van der Waals surface area contributed by atoms with Crippen molar-refractivity contribution in [1.29, 1.82) is 0 Å². The Labute approximate surface area is 79.5 Å². The van der Waals surface area contributed by atoms with Gasteiger partial charge in [0.1, 0.15) is 12.4 Å². The van der Waals surface area contributed by atoms with E-state index in [1.54, 1.807) is 13.8 Å². The normalized spacial score (nSPS) is 12.7. The van der Waals surface area contributed by atoms with Crippen LogP contribution in [0.15, 0.2) is 0 Å². The predicted molar refractivity (Wildman–Crippen MR) is 50.3 cm³/mol. The molecule has 0 saturated heterocycles. The molecule has 3 heteroatoms. The van der Waals surface area contributed by atoms with Crippen molar-refractivity contribution < 1.29 is 14.3 Å². The summed E-state index contributed by atoms with van der Waals surface area (Å²) in [6, 6.07) is 0. The van der Waals surface area contributed by atoms with Crippen molar-refractivity contribution in [2.24, 2.45) is 11.8 Å². The van der Waals surface area contributed by atoms with Gasteiger partial charge in [-0.3, -0.25) is 9.59 Å². The molecule has 0 amide bonds. The zero-order chi connectivity index (χ0) is 10.4. The number of carbonyl (C=O) groups excluding carboxylic acids is 2. The molecule has 0 bridgehead atoms. The van der Waals surface area contributed by atoms with E-state index < -0.39 is 0 Å². The summed E-state index contributed by atoms with van der Waals surface area (Å²) in [5.41, 5.74) is 0. The Kier molecular flexibility index (Phi) is 5.35. The molecule has 0 spiro atoms. The van der Waals surface area contributed by atoms with Gasteiger partial charge in [0.2, 0.25) is 0 Å². The number of Topliss-reactive ketones (excluding diaryl/α,β-unsaturated/α-hetero) is 1. The van der Waals surface area contributed by atoms with Gasteiger partial charge in [-0.15, -0.1) is 0 Å². The number of ether oxygens (including phenoxy) is 1. The summed E-state index contributed by atoms with van der Waals surface area (Å²) < 4.78 is 4.96. The fourth-order valence-corrected chi connectivity index (χ4v) is 0.872. The standard InChI is InChI=1S/C10H18O3/c1-5-9(8(4)11)6-13-10(12)7(2)3/h7,9H,5-6H2,1-4H3. The van der Waals surface area contributed by atoms with E-state index in [4.69, 9.17) is 4.74 Å². The average Bonchev–Trinajstić information content (AvgIpc) is 2.04. The Hall–Kier alpha value is -0.860. The molecule has 0 radical (unpaired) electrons. The van der Waals surface area contributed by atoms with E-state index in [1.165, 1.54) is 6.92 Å². The molecule has 0 aliphatic rings. The maximum atomic E-state index is 11.1. The lowest BCUT2D eigenvalue weighted by Crippen LogP contribution is -2.21. The summed E-state index contributed by atoms with van der Waals surface area (Å²) in [5, 5.41) is 0. The molecule has 0 aromatic rings. The van der Waals surface area contributed by atoms with Crippen LogP contribution in [0.3, 0.4) is 0 Å². The first-order valence-corrected chi connectivity index (χ1v) is 4.66. The summed E-state index contributed by atoms with van der Waals surface area (Å²) in [6.07, 6.45) is 0.723. The highest BCUT2D eigenvalue weighted by atomic mass is 16.5. The van der Waals surface area contributed by atoms with Crippen LogP contribution in [-0.2, 0) is 14.3 Å². The van der Waals surface area contributed by atoms with Crippen LogP contribution in [-0.4, -0.2) is 18.4 Å². The molecule has 0 saturated carbocycles. The van der Waals surface area contributed by atoms with Gasteiger partial charge >= 0.3 is 5.97 Å². The fourth-order valence-electron chi connectivity index (χ4n) is 0.872. The molecule has 0 heterocycles. The molecule has 0 aliphatic heterocycles. The second-order valence-corrected chi connectivity index (χ2v) is 3.50. The predicted octanol–water partition coefficient (Wildman–Crippen LogP) is 1.80. The van der Waals surface area contributed by atoms with Crippen LogP contribution in [0, 0.1) is 11.8 Å². The first-order chi connectivity index (χ1) is 5.99. The fraction of sp³-hybridized carbons (Fsp3) is 0.800. The van der Waals surface area contributed by atoms with Crippen molar-refractivity contribution in [2.75, 3.05) is 6.61 Å². The Morgan fingerprint density at radius 1 is 1.31 bits per heavy atom. The molecule has 1 unspecified atom stereocenters. The summed E-state index contributed by atoms with van der Waals surface area (Å²) in [5.74, 6) is -0.411. The molecule has 0 N–H and O–H groups in total. The van der Waals surface area contributed by atoms with E-state index in [-0.39, 0.29) is 30.2 Å². The Morgan fingerprint density at radius 3 is 2.15 bits per heavy atom. The van der Waals surface area contributed by atoms with Crippen LogP contribution in [0.1, 0.15) is 34.1 Å². The van der Waals surface area contributed by atoms with Gasteiger partial charge in [0.25, 0.3) is 0 Å². The van der Waals surface area contributed by atoms with Gasteiger partial charge in [-0.05, 0) is 13.3 Å². The third kappa shape index (κ3) is 4.65.